The average molecular weight is 482 g/mol. The summed E-state index contributed by atoms with van der Waals surface area (Å²) in [6.45, 7) is 0.588. The van der Waals surface area contributed by atoms with Crippen LogP contribution in [-0.4, -0.2) is 45.1 Å². The summed E-state index contributed by atoms with van der Waals surface area (Å²) < 4.78 is 36.7. The number of rotatable bonds is 9. The molecule has 0 spiro atoms. The van der Waals surface area contributed by atoms with Gasteiger partial charge in [0.2, 0.25) is 0 Å². The Bertz CT molecular complexity index is 1050. The van der Waals surface area contributed by atoms with E-state index in [0.29, 0.717) is 18.2 Å². The van der Waals surface area contributed by atoms with Crippen molar-refractivity contribution in [3.8, 4) is 0 Å². The minimum atomic E-state index is -3.50. The quantitative estimate of drug-likeness (QED) is 0.527. The fraction of sp³-hybridized carbons (Fsp3) is 0.435. The van der Waals surface area contributed by atoms with E-state index in [1.807, 2.05) is 12.1 Å². The Balaban J connectivity index is 1.39. The van der Waals surface area contributed by atoms with Crippen molar-refractivity contribution >= 4 is 27.3 Å². The van der Waals surface area contributed by atoms with Crippen LogP contribution in [0.5, 0.6) is 0 Å². The summed E-state index contributed by atoms with van der Waals surface area (Å²) in [5.74, 6) is -0.457. The molecule has 1 heterocycles. The van der Waals surface area contributed by atoms with Crippen molar-refractivity contribution in [1.82, 2.24) is 15.8 Å². The third-order valence-corrected chi connectivity index (χ3v) is 7.30. The molecule has 1 aliphatic rings. The number of hydrogen-bond donors (Lipinski definition) is 2. The highest BCUT2D eigenvalue weighted by atomic mass is 35.5. The number of carbonyl (C=O) groups excluding carboxylic acids is 1. The summed E-state index contributed by atoms with van der Waals surface area (Å²) in [5, 5.41) is 0.114. The van der Waals surface area contributed by atoms with Crippen LogP contribution in [0.2, 0.25) is 5.02 Å². The van der Waals surface area contributed by atoms with Crippen LogP contribution in [0, 0.1) is 5.82 Å². The molecule has 0 aromatic heterocycles. The molecule has 2 aromatic carbocycles. The van der Waals surface area contributed by atoms with Gasteiger partial charge < -0.3 is 4.90 Å². The van der Waals surface area contributed by atoms with E-state index in [9.17, 15) is 17.6 Å². The Morgan fingerprint density at radius 1 is 1.12 bits per heavy atom. The van der Waals surface area contributed by atoms with E-state index >= 15 is 0 Å². The van der Waals surface area contributed by atoms with Crippen molar-refractivity contribution in [3.05, 3.63) is 64.4 Å². The van der Waals surface area contributed by atoms with E-state index in [1.165, 1.54) is 24.3 Å². The van der Waals surface area contributed by atoms with E-state index in [1.54, 1.807) is 18.0 Å². The van der Waals surface area contributed by atoms with Gasteiger partial charge in [-0.3, -0.25) is 15.6 Å². The van der Waals surface area contributed by atoms with E-state index < -0.39 is 9.84 Å². The molecule has 0 radical (unpaired) electrons. The lowest BCUT2D eigenvalue weighted by Gasteiger charge is -2.18. The molecule has 174 valence electrons. The molecule has 2 aromatic rings. The molecule has 9 heteroatoms. The lowest BCUT2D eigenvalue weighted by molar-refractivity contribution is 0.0792. The number of amides is 1. The summed E-state index contributed by atoms with van der Waals surface area (Å²) in [7, 11) is -1.79. The Morgan fingerprint density at radius 3 is 2.53 bits per heavy atom. The van der Waals surface area contributed by atoms with E-state index in [-0.39, 0.29) is 27.7 Å². The van der Waals surface area contributed by atoms with Gasteiger partial charge in [-0.2, -0.15) is 0 Å². The molecule has 0 saturated carbocycles. The van der Waals surface area contributed by atoms with Crippen LogP contribution in [0.25, 0.3) is 0 Å². The summed E-state index contributed by atoms with van der Waals surface area (Å²) in [6.07, 6.45) is 5.89. The standard InChI is InChI=1S/C23H29ClFN3O3S/c1-28(23(29)17-9-12-20(24)22(14-17)32(2,30)31)13-5-3-4-6-19-15-21(27-26-19)16-7-10-18(25)11-8-16/h7-12,14,19,21,26-27H,3-6,13,15H2,1-2H3. The monoisotopic (exact) mass is 481 g/mol. The average Bonchev–Trinajstić information content (AvgIpc) is 3.21. The Morgan fingerprint density at radius 2 is 1.84 bits per heavy atom. The number of hydrogen-bond acceptors (Lipinski definition) is 5. The molecule has 6 nitrogen and oxygen atoms in total. The second-order valence-corrected chi connectivity index (χ2v) is 10.7. The lowest BCUT2D eigenvalue weighted by atomic mass is 9.99. The third kappa shape index (κ3) is 6.51. The molecular weight excluding hydrogens is 453 g/mol. The van der Waals surface area contributed by atoms with Crippen LogP contribution in [0.15, 0.2) is 47.4 Å². The Kier molecular flexibility index (Phi) is 8.27. The maximum atomic E-state index is 13.1. The fourth-order valence-corrected chi connectivity index (χ4v) is 5.19. The topological polar surface area (TPSA) is 78.5 Å². The minimum absolute atomic E-state index is 0.0324. The van der Waals surface area contributed by atoms with Gasteiger partial charge in [-0.05, 0) is 55.2 Å². The number of unbranched alkanes of at least 4 members (excludes halogenated alkanes) is 2. The van der Waals surface area contributed by atoms with Crippen molar-refractivity contribution in [1.29, 1.82) is 0 Å². The van der Waals surface area contributed by atoms with Crippen LogP contribution < -0.4 is 10.9 Å². The number of sulfone groups is 1. The van der Waals surface area contributed by atoms with Gasteiger partial charge in [-0.1, -0.05) is 36.6 Å². The number of benzene rings is 2. The van der Waals surface area contributed by atoms with Crippen molar-refractivity contribution < 1.29 is 17.6 Å². The third-order valence-electron chi connectivity index (χ3n) is 5.72. The van der Waals surface area contributed by atoms with Crippen molar-refractivity contribution in [2.24, 2.45) is 0 Å². The Hall–Kier alpha value is -2.00. The predicted octanol–water partition coefficient (Wildman–Crippen LogP) is 4.12. The van der Waals surface area contributed by atoms with Gasteiger partial charge in [0.15, 0.2) is 9.84 Å². The second kappa shape index (κ2) is 10.7. The van der Waals surface area contributed by atoms with Crippen LogP contribution in [0.4, 0.5) is 4.39 Å². The number of nitrogens with zero attached hydrogens (tertiary/aromatic N) is 1. The Labute approximate surface area is 194 Å². The minimum Gasteiger partial charge on any atom is -0.342 e. The smallest absolute Gasteiger partial charge is 0.253 e. The number of nitrogens with one attached hydrogen (secondary N) is 2. The van der Waals surface area contributed by atoms with Gasteiger partial charge in [0, 0.05) is 37.5 Å². The normalized spacial score (nSPS) is 18.6. The molecule has 1 fully saturated rings. The molecule has 3 rings (SSSR count). The van der Waals surface area contributed by atoms with Gasteiger partial charge in [0.05, 0.1) is 9.92 Å². The van der Waals surface area contributed by atoms with Gasteiger partial charge in [0.1, 0.15) is 5.82 Å². The second-order valence-electron chi connectivity index (χ2n) is 8.32. The van der Waals surface area contributed by atoms with Crippen LogP contribution in [0.3, 0.4) is 0 Å². The van der Waals surface area contributed by atoms with Crippen LogP contribution >= 0.6 is 11.6 Å². The molecule has 2 unspecified atom stereocenters. The molecule has 1 amide bonds. The van der Waals surface area contributed by atoms with E-state index in [4.69, 9.17) is 11.6 Å². The first-order chi connectivity index (χ1) is 15.1. The first-order valence-electron chi connectivity index (χ1n) is 10.7. The lowest BCUT2D eigenvalue weighted by Crippen LogP contribution is -2.30. The summed E-state index contributed by atoms with van der Waals surface area (Å²) in [6, 6.07) is 11.4. The van der Waals surface area contributed by atoms with Crippen LogP contribution in [0.1, 0.15) is 54.1 Å². The zero-order valence-corrected chi connectivity index (χ0v) is 19.8. The highest BCUT2D eigenvalue weighted by molar-refractivity contribution is 7.90. The zero-order chi connectivity index (χ0) is 23.3. The maximum absolute atomic E-state index is 13.1. The van der Waals surface area contributed by atoms with Gasteiger partial charge >= 0.3 is 0 Å². The fourth-order valence-electron chi connectivity index (χ4n) is 3.88. The van der Waals surface area contributed by atoms with E-state index in [0.717, 1.165) is 43.9 Å². The molecule has 2 atom stereocenters. The summed E-state index contributed by atoms with van der Waals surface area (Å²) in [4.78, 5) is 14.2. The maximum Gasteiger partial charge on any atom is 0.253 e. The summed E-state index contributed by atoms with van der Waals surface area (Å²) >= 11 is 5.96. The zero-order valence-electron chi connectivity index (χ0n) is 18.3. The highest BCUT2D eigenvalue weighted by Crippen LogP contribution is 2.25. The first-order valence-corrected chi connectivity index (χ1v) is 12.9. The predicted molar refractivity (Wildman–Crippen MR) is 124 cm³/mol. The largest absolute Gasteiger partial charge is 0.342 e. The van der Waals surface area contributed by atoms with Gasteiger partial charge in [-0.25, -0.2) is 12.8 Å². The van der Waals surface area contributed by atoms with E-state index in [2.05, 4.69) is 10.9 Å². The van der Waals surface area contributed by atoms with Gasteiger partial charge in [0.25, 0.3) is 5.91 Å². The molecule has 0 aliphatic carbocycles. The molecule has 1 saturated heterocycles. The van der Waals surface area contributed by atoms with Crippen molar-refractivity contribution in [2.45, 2.75) is 49.1 Å². The van der Waals surface area contributed by atoms with Gasteiger partial charge in [-0.15, -0.1) is 0 Å². The molecule has 32 heavy (non-hydrogen) atoms. The highest BCUT2D eigenvalue weighted by Gasteiger charge is 2.24. The molecule has 0 bridgehead atoms. The van der Waals surface area contributed by atoms with Crippen molar-refractivity contribution in [3.63, 3.8) is 0 Å². The summed E-state index contributed by atoms with van der Waals surface area (Å²) in [5.41, 5.74) is 7.97. The number of hydrazine groups is 1. The number of halogens is 2. The number of carbonyl (C=O) groups is 1. The SMILES string of the molecule is CN(CCCCCC1CC(c2ccc(F)cc2)NN1)C(=O)c1ccc(Cl)c(S(C)(=O)=O)c1. The van der Waals surface area contributed by atoms with Crippen LogP contribution in [-0.2, 0) is 9.84 Å². The molecule has 2 N–H and O–H groups in total. The molecule has 1 aliphatic heterocycles. The van der Waals surface area contributed by atoms with Crippen molar-refractivity contribution in [2.75, 3.05) is 19.8 Å². The first kappa shape index (κ1) is 24.6. The molecular formula is C23H29ClFN3O3S.